The monoisotopic (exact) mass is 235 g/mol. The van der Waals surface area contributed by atoms with Crippen molar-refractivity contribution in [2.45, 2.75) is 60.3 Å². The highest BCUT2D eigenvalue weighted by Gasteiger charge is 2.00. The molecule has 0 aromatic heterocycles. The molecule has 100 valence electrons. The molecule has 16 heavy (non-hydrogen) atoms. The molecule has 0 saturated carbocycles. The van der Waals surface area contributed by atoms with Crippen LogP contribution in [0.5, 0.6) is 0 Å². The van der Waals surface area contributed by atoms with E-state index in [-0.39, 0.29) is 5.91 Å². The first-order chi connectivity index (χ1) is 7.66. The molecule has 0 aliphatic carbocycles. The smallest absolute Gasteiger partial charge is 0.216 e. The largest absolute Gasteiger partial charge is 0.356 e. The van der Waals surface area contributed by atoms with Crippen LogP contribution in [0.15, 0.2) is 0 Å². The summed E-state index contributed by atoms with van der Waals surface area (Å²) in [5.41, 5.74) is 0. The van der Waals surface area contributed by atoms with Gasteiger partial charge < -0.3 is 5.32 Å². The standard InChI is InChI=1S/C10H21NO.C2H6.CH3F/c1-4-5-6-9(2)7-8-11-10(3)12;2*1-2/h9H,4-8H2,1-3H3,(H,11,12);1-2H3;1H3. The maximum absolute atomic E-state index is 10.5. The van der Waals surface area contributed by atoms with Crippen molar-refractivity contribution in [3.05, 3.63) is 0 Å². The molecule has 3 heteroatoms. The van der Waals surface area contributed by atoms with Crippen LogP contribution in [0.2, 0.25) is 0 Å². The van der Waals surface area contributed by atoms with Crippen LogP contribution in [-0.2, 0) is 4.79 Å². The van der Waals surface area contributed by atoms with Gasteiger partial charge >= 0.3 is 0 Å². The number of hydrogen-bond acceptors (Lipinski definition) is 1. The highest BCUT2D eigenvalue weighted by atomic mass is 19.1. The first kappa shape index (κ1) is 20.8. The molecular formula is C13H30FNO. The van der Waals surface area contributed by atoms with Crippen LogP contribution >= 0.6 is 0 Å². The molecule has 0 aromatic carbocycles. The second-order valence-electron chi connectivity index (χ2n) is 3.52. The predicted molar refractivity (Wildman–Crippen MR) is 70.4 cm³/mol. The van der Waals surface area contributed by atoms with Gasteiger partial charge in [-0.3, -0.25) is 9.18 Å². The molecule has 0 heterocycles. The van der Waals surface area contributed by atoms with Gasteiger partial charge in [0.05, 0.1) is 7.18 Å². The van der Waals surface area contributed by atoms with E-state index in [4.69, 9.17) is 0 Å². The van der Waals surface area contributed by atoms with Crippen LogP contribution in [0, 0.1) is 5.92 Å². The summed E-state index contributed by atoms with van der Waals surface area (Å²) in [5, 5.41) is 2.81. The van der Waals surface area contributed by atoms with Crippen LogP contribution in [-0.4, -0.2) is 19.6 Å². The molecule has 0 fully saturated rings. The second kappa shape index (κ2) is 19.9. The molecule has 0 saturated heterocycles. The van der Waals surface area contributed by atoms with Crippen molar-refractivity contribution in [2.75, 3.05) is 13.7 Å². The number of carbonyl (C=O) groups is 1. The van der Waals surface area contributed by atoms with E-state index in [1.54, 1.807) is 6.92 Å². The average molecular weight is 235 g/mol. The minimum absolute atomic E-state index is 0.0812. The van der Waals surface area contributed by atoms with Crippen molar-refractivity contribution in [3.63, 3.8) is 0 Å². The number of amides is 1. The summed E-state index contributed by atoms with van der Waals surface area (Å²) >= 11 is 0. The minimum atomic E-state index is 0.0812. The van der Waals surface area contributed by atoms with E-state index in [2.05, 4.69) is 19.2 Å². The molecule has 2 nitrogen and oxygen atoms in total. The van der Waals surface area contributed by atoms with E-state index in [1.807, 2.05) is 13.8 Å². The van der Waals surface area contributed by atoms with Crippen molar-refractivity contribution in [3.8, 4) is 0 Å². The fraction of sp³-hybridized carbons (Fsp3) is 0.923. The minimum Gasteiger partial charge on any atom is -0.356 e. The Morgan fingerprint density at radius 1 is 1.25 bits per heavy atom. The second-order valence-corrected chi connectivity index (χ2v) is 3.52. The van der Waals surface area contributed by atoms with Crippen molar-refractivity contribution >= 4 is 5.91 Å². The fourth-order valence-corrected chi connectivity index (χ4v) is 1.19. The lowest BCUT2D eigenvalue weighted by atomic mass is 10.0. The third kappa shape index (κ3) is 23.3. The van der Waals surface area contributed by atoms with E-state index in [0.29, 0.717) is 7.18 Å². The summed E-state index contributed by atoms with van der Waals surface area (Å²) in [6, 6.07) is 0. The van der Waals surface area contributed by atoms with Gasteiger partial charge in [0.2, 0.25) is 5.91 Å². The lowest BCUT2D eigenvalue weighted by Crippen LogP contribution is -2.22. The first-order valence-corrected chi connectivity index (χ1v) is 6.29. The molecule has 0 spiro atoms. The van der Waals surface area contributed by atoms with Gasteiger partial charge in [0, 0.05) is 13.5 Å². The van der Waals surface area contributed by atoms with Crippen molar-refractivity contribution < 1.29 is 9.18 Å². The van der Waals surface area contributed by atoms with Crippen LogP contribution in [0.1, 0.15) is 60.3 Å². The molecule has 1 unspecified atom stereocenters. The SMILES string of the molecule is CC.CCCCC(C)CCNC(C)=O.CF. The Morgan fingerprint density at radius 3 is 2.12 bits per heavy atom. The van der Waals surface area contributed by atoms with Gasteiger partial charge in [0.15, 0.2) is 0 Å². The molecule has 0 aliphatic rings. The number of rotatable bonds is 6. The molecule has 0 aromatic rings. The van der Waals surface area contributed by atoms with E-state index < -0.39 is 0 Å². The number of nitrogens with one attached hydrogen (secondary N) is 1. The van der Waals surface area contributed by atoms with E-state index in [0.717, 1.165) is 18.9 Å². The zero-order chi connectivity index (χ0) is 13.4. The van der Waals surface area contributed by atoms with Crippen LogP contribution in [0.4, 0.5) is 4.39 Å². The Balaban J connectivity index is -0.000000376. The number of carbonyl (C=O) groups excluding carboxylic acids is 1. The van der Waals surface area contributed by atoms with Crippen molar-refractivity contribution in [2.24, 2.45) is 5.92 Å². The summed E-state index contributed by atoms with van der Waals surface area (Å²) in [4.78, 5) is 10.5. The summed E-state index contributed by atoms with van der Waals surface area (Å²) in [7, 11) is 0.500. The summed E-state index contributed by atoms with van der Waals surface area (Å²) in [6.45, 7) is 10.9. The Morgan fingerprint density at radius 2 is 1.75 bits per heavy atom. The Labute approximate surface area is 101 Å². The summed E-state index contributed by atoms with van der Waals surface area (Å²) in [5.74, 6) is 0.828. The van der Waals surface area contributed by atoms with Gasteiger partial charge in [-0.25, -0.2) is 0 Å². The van der Waals surface area contributed by atoms with Gasteiger partial charge in [-0.2, -0.15) is 0 Å². The molecule has 0 radical (unpaired) electrons. The first-order valence-electron chi connectivity index (χ1n) is 6.29. The maximum Gasteiger partial charge on any atom is 0.216 e. The van der Waals surface area contributed by atoms with Gasteiger partial charge in [-0.15, -0.1) is 0 Å². The van der Waals surface area contributed by atoms with Crippen molar-refractivity contribution in [1.29, 1.82) is 0 Å². The van der Waals surface area contributed by atoms with Gasteiger partial charge in [-0.1, -0.05) is 47.0 Å². The summed E-state index contributed by atoms with van der Waals surface area (Å²) in [6.07, 6.45) is 4.97. The summed E-state index contributed by atoms with van der Waals surface area (Å²) < 4.78 is 9.50. The normalized spacial score (nSPS) is 10.2. The van der Waals surface area contributed by atoms with Crippen LogP contribution < -0.4 is 5.32 Å². The van der Waals surface area contributed by atoms with Gasteiger partial charge in [0.25, 0.3) is 0 Å². The molecule has 1 amide bonds. The molecular weight excluding hydrogens is 205 g/mol. The predicted octanol–water partition coefficient (Wildman–Crippen LogP) is 3.95. The van der Waals surface area contributed by atoms with E-state index >= 15 is 0 Å². The lowest BCUT2D eigenvalue weighted by Gasteiger charge is -2.10. The third-order valence-electron chi connectivity index (χ3n) is 2.06. The molecule has 0 aliphatic heterocycles. The van der Waals surface area contributed by atoms with Crippen molar-refractivity contribution in [1.82, 2.24) is 5.32 Å². The van der Waals surface area contributed by atoms with E-state index in [1.165, 1.54) is 19.3 Å². The number of hydrogen-bond donors (Lipinski definition) is 1. The number of unbranched alkanes of at least 4 members (excludes halogenated alkanes) is 1. The van der Waals surface area contributed by atoms with Crippen LogP contribution in [0.25, 0.3) is 0 Å². The number of halogens is 1. The Kier molecular flexibility index (Phi) is 25.8. The van der Waals surface area contributed by atoms with Gasteiger partial charge in [0.1, 0.15) is 0 Å². The quantitative estimate of drug-likeness (QED) is 0.742. The maximum atomic E-state index is 10.5. The average Bonchev–Trinajstić information content (AvgIpc) is 2.31. The van der Waals surface area contributed by atoms with E-state index in [9.17, 15) is 9.18 Å². The third-order valence-corrected chi connectivity index (χ3v) is 2.06. The zero-order valence-electron chi connectivity index (χ0n) is 11.9. The fourth-order valence-electron chi connectivity index (χ4n) is 1.19. The van der Waals surface area contributed by atoms with Crippen LogP contribution in [0.3, 0.4) is 0 Å². The molecule has 0 rings (SSSR count). The number of alkyl halides is 1. The Bertz CT molecular complexity index is 129. The highest BCUT2D eigenvalue weighted by Crippen LogP contribution is 2.10. The molecule has 1 atom stereocenters. The topological polar surface area (TPSA) is 29.1 Å². The highest BCUT2D eigenvalue weighted by molar-refractivity contribution is 5.72. The lowest BCUT2D eigenvalue weighted by molar-refractivity contribution is -0.118. The molecule has 0 bridgehead atoms. The van der Waals surface area contributed by atoms with Gasteiger partial charge in [-0.05, 0) is 12.3 Å². The Hall–Kier alpha value is -0.600. The zero-order valence-corrected chi connectivity index (χ0v) is 11.9. The molecule has 1 N–H and O–H groups in total.